The topological polar surface area (TPSA) is 34.1 Å². The maximum Gasteiger partial charge on any atom is 0.226 e. The van der Waals surface area contributed by atoms with E-state index >= 15 is 0 Å². The zero-order valence-corrected chi connectivity index (χ0v) is 26.0. The van der Waals surface area contributed by atoms with Gasteiger partial charge in [0, 0.05) is 26.6 Å². The molecule has 204 valence electrons. The Morgan fingerprint density at radius 3 is 1.20 bits per heavy atom. The molecule has 0 saturated heterocycles. The van der Waals surface area contributed by atoms with Crippen LogP contribution in [-0.2, 0) is 14.5 Å². The minimum atomic E-state index is -3.33. The Hall–Kier alpha value is -3.12. The molecule has 0 aliphatic rings. The van der Waals surface area contributed by atoms with E-state index in [-0.39, 0.29) is 5.41 Å². The van der Waals surface area contributed by atoms with Crippen molar-refractivity contribution >= 4 is 78.2 Å². The molecule has 0 aliphatic carbocycles. The lowest BCUT2D eigenvalue weighted by Crippen LogP contribution is -2.21. The lowest BCUT2D eigenvalue weighted by molar-refractivity contribution is 0.594. The lowest BCUT2D eigenvalue weighted by atomic mass is 9.78. The summed E-state index contributed by atoms with van der Waals surface area (Å²) in [6.07, 6.45) is 0. The van der Waals surface area contributed by atoms with E-state index in [9.17, 15) is 9.13 Å². The summed E-state index contributed by atoms with van der Waals surface area (Å²) in [5, 5.41) is 6.32. The quantitative estimate of drug-likeness (QED) is 0.176. The van der Waals surface area contributed by atoms with Crippen molar-refractivity contribution in [3.63, 3.8) is 0 Å². The van der Waals surface area contributed by atoms with E-state index in [1.807, 2.05) is 133 Å². The number of hydrogen-bond donors (Lipinski definition) is 0. The van der Waals surface area contributed by atoms with Gasteiger partial charge in [-0.1, -0.05) is 111 Å². The molecule has 0 radical (unpaired) electrons. The first-order valence-electron chi connectivity index (χ1n) is 13.4. The van der Waals surface area contributed by atoms with Gasteiger partial charge in [0.2, 0.25) is 13.0 Å². The molecule has 0 amide bonds. The van der Waals surface area contributed by atoms with Crippen LogP contribution in [0.15, 0.2) is 133 Å². The van der Waals surface area contributed by atoms with Crippen LogP contribution in [0.1, 0.15) is 25.0 Å². The summed E-state index contributed by atoms with van der Waals surface area (Å²) >= 11 is 13.6. The van der Waals surface area contributed by atoms with Gasteiger partial charge in [-0.25, -0.2) is 0 Å². The standard InChI is InChI=1S/C35H28Cl2O2P2/c1-35(2,27-17-21-29(22-18-27)40(36,38)33-15-7-11-25-9-3-5-13-31(25)33)28-19-23-30(24-20-28)41(37,39)34-16-8-12-26-10-4-6-14-32(26)34/h3-24H,1-2H3. The van der Waals surface area contributed by atoms with Gasteiger partial charge in [-0.15, -0.1) is 0 Å². The fourth-order valence-electron chi connectivity index (χ4n) is 5.50. The van der Waals surface area contributed by atoms with Gasteiger partial charge in [-0.05, 0) is 91.6 Å². The number of halogens is 2. The summed E-state index contributed by atoms with van der Waals surface area (Å²) in [5.74, 6) is 0. The third-order valence-corrected chi connectivity index (χ3v) is 14.2. The molecular weight excluding hydrogens is 585 g/mol. The van der Waals surface area contributed by atoms with Gasteiger partial charge in [-0.3, -0.25) is 9.13 Å². The van der Waals surface area contributed by atoms with Crippen molar-refractivity contribution in [3.8, 4) is 0 Å². The van der Waals surface area contributed by atoms with Gasteiger partial charge >= 0.3 is 0 Å². The van der Waals surface area contributed by atoms with Gasteiger partial charge in [0.1, 0.15) is 0 Å². The molecule has 0 aromatic heterocycles. The van der Waals surface area contributed by atoms with Crippen LogP contribution in [0.3, 0.4) is 0 Å². The van der Waals surface area contributed by atoms with E-state index in [4.69, 9.17) is 22.5 Å². The summed E-state index contributed by atoms with van der Waals surface area (Å²) in [4.78, 5) is 0. The summed E-state index contributed by atoms with van der Waals surface area (Å²) in [7, 11) is 0. The van der Waals surface area contributed by atoms with Crippen molar-refractivity contribution in [2.24, 2.45) is 0 Å². The fourth-order valence-corrected chi connectivity index (χ4v) is 10.3. The summed E-state index contributed by atoms with van der Waals surface area (Å²) < 4.78 is 27.8. The highest BCUT2D eigenvalue weighted by atomic mass is 35.7. The second-order valence-electron chi connectivity index (χ2n) is 10.8. The molecule has 2 atom stereocenters. The average Bonchev–Trinajstić information content (AvgIpc) is 3.00. The smallest absolute Gasteiger partial charge is 0.226 e. The highest BCUT2D eigenvalue weighted by Gasteiger charge is 2.30. The molecule has 6 aromatic carbocycles. The molecular formula is C35H28Cl2O2P2. The first-order chi connectivity index (χ1) is 19.6. The van der Waals surface area contributed by atoms with Gasteiger partial charge in [-0.2, -0.15) is 0 Å². The Morgan fingerprint density at radius 1 is 0.463 bits per heavy atom. The van der Waals surface area contributed by atoms with Gasteiger partial charge < -0.3 is 0 Å². The summed E-state index contributed by atoms with van der Waals surface area (Å²) in [6, 6.07) is 42.6. The van der Waals surface area contributed by atoms with Crippen LogP contribution in [0.4, 0.5) is 0 Å². The number of benzene rings is 6. The maximum absolute atomic E-state index is 13.9. The second-order valence-corrected chi connectivity index (χ2v) is 17.8. The molecule has 0 fully saturated rings. The molecule has 0 saturated carbocycles. The summed E-state index contributed by atoms with van der Waals surface area (Å²) in [5.41, 5.74) is 1.72. The van der Waals surface area contributed by atoms with Gasteiger partial charge in [0.05, 0.1) is 0 Å². The van der Waals surface area contributed by atoms with Crippen LogP contribution in [0, 0.1) is 0 Å². The van der Waals surface area contributed by atoms with Crippen molar-refractivity contribution in [1.82, 2.24) is 0 Å². The maximum atomic E-state index is 13.9. The number of hydrogen-bond acceptors (Lipinski definition) is 2. The van der Waals surface area contributed by atoms with E-state index in [0.29, 0.717) is 21.2 Å². The van der Waals surface area contributed by atoms with Gasteiger partial charge in [0.25, 0.3) is 0 Å². The highest BCUT2D eigenvalue weighted by Crippen LogP contribution is 2.51. The highest BCUT2D eigenvalue weighted by molar-refractivity contribution is 8.01. The van der Waals surface area contributed by atoms with Crippen LogP contribution in [0.5, 0.6) is 0 Å². The third-order valence-electron chi connectivity index (χ3n) is 8.00. The second kappa shape index (κ2) is 10.6. The van der Waals surface area contributed by atoms with Gasteiger partial charge in [0.15, 0.2) is 0 Å². The molecule has 2 unspecified atom stereocenters. The van der Waals surface area contributed by atoms with Crippen molar-refractivity contribution in [3.05, 3.63) is 145 Å². The van der Waals surface area contributed by atoms with Crippen LogP contribution in [-0.4, -0.2) is 0 Å². The Labute approximate surface area is 250 Å². The first kappa shape index (κ1) is 28.0. The molecule has 0 aliphatic heterocycles. The Morgan fingerprint density at radius 2 is 0.805 bits per heavy atom. The Kier molecular flexibility index (Phi) is 7.25. The van der Waals surface area contributed by atoms with Crippen molar-refractivity contribution in [2.75, 3.05) is 0 Å². The fraction of sp³-hybridized carbons (Fsp3) is 0.0857. The van der Waals surface area contributed by atoms with E-state index in [0.717, 1.165) is 32.7 Å². The molecule has 2 nitrogen and oxygen atoms in total. The van der Waals surface area contributed by atoms with Crippen molar-refractivity contribution < 1.29 is 9.13 Å². The molecule has 6 heteroatoms. The van der Waals surface area contributed by atoms with E-state index in [1.54, 1.807) is 0 Å². The van der Waals surface area contributed by atoms with Crippen LogP contribution in [0.2, 0.25) is 0 Å². The zero-order valence-electron chi connectivity index (χ0n) is 22.7. The molecule has 0 N–H and O–H groups in total. The molecule has 6 rings (SSSR count). The predicted molar refractivity (Wildman–Crippen MR) is 178 cm³/mol. The summed E-state index contributed by atoms with van der Waals surface area (Å²) in [6.45, 7) is -2.40. The van der Waals surface area contributed by atoms with E-state index in [2.05, 4.69) is 13.8 Å². The van der Waals surface area contributed by atoms with Crippen molar-refractivity contribution in [2.45, 2.75) is 19.3 Å². The van der Waals surface area contributed by atoms with Crippen LogP contribution in [0.25, 0.3) is 21.5 Å². The monoisotopic (exact) mass is 612 g/mol. The largest absolute Gasteiger partial charge is 0.296 e. The Balaban J connectivity index is 1.30. The van der Waals surface area contributed by atoms with Crippen molar-refractivity contribution in [1.29, 1.82) is 0 Å². The minimum Gasteiger partial charge on any atom is -0.296 e. The van der Waals surface area contributed by atoms with E-state index in [1.165, 1.54) is 0 Å². The number of rotatable bonds is 6. The molecule has 0 heterocycles. The van der Waals surface area contributed by atoms with Crippen LogP contribution >= 0.6 is 35.5 Å². The first-order valence-corrected chi connectivity index (χ1v) is 18.6. The molecule has 6 aromatic rings. The molecule has 41 heavy (non-hydrogen) atoms. The average molecular weight is 613 g/mol. The normalized spacial score (nSPS) is 14.9. The minimum absolute atomic E-state index is 0.372. The lowest BCUT2D eigenvalue weighted by Gasteiger charge is -2.27. The van der Waals surface area contributed by atoms with E-state index < -0.39 is 13.0 Å². The number of fused-ring (bicyclic) bond motifs is 2. The molecule has 0 bridgehead atoms. The van der Waals surface area contributed by atoms with Crippen LogP contribution < -0.4 is 21.2 Å². The zero-order chi connectivity index (χ0) is 28.8. The SMILES string of the molecule is CC(C)(c1ccc(P(=O)(Cl)c2cccc3ccccc23)cc1)c1ccc(P(=O)(Cl)c2cccc3ccccc23)cc1. The predicted octanol–water partition coefficient (Wildman–Crippen LogP) is 9.25. The third kappa shape index (κ3) is 4.98. The molecule has 0 spiro atoms. The Bertz CT molecular complexity index is 1840.